The smallest absolute Gasteiger partial charge is 0.255 e. The fourth-order valence-corrected chi connectivity index (χ4v) is 9.34. The van der Waals surface area contributed by atoms with Crippen LogP contribution in [0.4, 0.5) is 11.4 Å². The number of anilines is 2. The molecule has 0 bridgehead atoms. The van der Waals surface area contributed by atoms with Gasteiger partial charge in [-0.15, -0.1) is 0 Å². The van der Waals surface area contributed by atoms with Crippen molar-refractivity contribution in [2.24, 2.45) is 11.8 Å². The van der Waals surface area contributed by atoms with Crippen LogP contribution in [0.1, 0.15) is 84.0 Å². The van der Waals surface area contributed by atoms with E-state index in [1.807, 2.05) is 24.3 Å². The number of carbonyl (C=O) groups excluding carboxylic acids is 3. The SMILES string of the molecule is CC[C@H]1CCc2cc(O)ccc2C1c1ccc(N2CCC(CN3CCN(c4ccc5c(c4)CN(C4CCC(=O)NC4=O)C5=O)CC3)CC2)cc1. The molecule has 4 heterocycles. The Labute approximate surface area is 295 Å². The Morgan fingerprint density at radius 2 is 1.50 bits per heavy atom. The summed E-state index contributed by atoms with van der Waals surface area (Å²) in [5, 5.41) is 12.4. The highest BCUT2D eigenvalue weighted by atomic mass is 16.3. The molecule has 0 aromatic heterocycles. The number of fused-ring (bicyclic) bond motifs is 2. The molecule has 3 saturated heterocycles. The number of nitrogens with one attached hydrogen (secondary N) is 1. The number of aryl methyl sites for hydroxylation is 1. The summed E-state index contributed by atoms with van der Waals surface area (Å²) >= 11 is 0. The van der Waals surface area contributed by atoms with Crippen LogP contribution in [0.15, 0.2) is 60.7 Å². The lowest BCUT2D eigenvalue weighted by Gasteiger charge is -2.40. The molecule has 0 spiro atoms. The molecule has 0 radical (unpaired) electrons. The summed E-state index contributed by atoms with van der Waals surface area (Å²) in [6, 6.07) is 20.8. The van der Waals surface area contributed by atoms with E-state index in [-0.39, 0.29) is 24.1 Å². The summed E-state index contributed by atoms with van der Waals surface area (Å²) < 4.78 is 0. The Kier molecular flexibility index (Phi) is 9.02. The maximum atomic E-state index is 13.1. The number of hydrogen-bond acceptors (Lipinski definition) is 7. The molecule has 3 fully saturated rings. The van der Waals surface area contributed by atoms with Crippen molar-refractivity contribution in [3.8, 4) is 5.75 Å². The van der Waals surface area contributed by atoms with Crippen LogP contribution in [0.2, 0.25) is 0 Å². The van der Waals surface area contributed by atoms with Gasteiger partial charge in [-0.05, 0) is 109 Å². The number of rotatable bonds is 7. The fourth-order valence-electron chi connectivity index (χ4n) is 9.34. The summed E-state index contributed by atoms with van der Waals surface area (Å²) in [6.45, 7) is 10.0. The van der Waals surface area contributed by atoms with Crippen LogP contribution < -0.4 is 15.1 Å². The second-order valence-corrected chi connectivity index (χ2v) is 15.1. The first-order chi connectivity index (χ1) is 24.3. The zero-order valence-corrected chi connectivity index (χ0v) is 29.2. The van der Waals surface area contributed by atoms with E-state index >= 15 is 0 Å². The number of piperidine rings is 2. The zero-order chi connectivity index (χ0) is 34.4. The van der Waals surface area contributed by atoms with Gasteiger partial charge in [-0.3, -0.25) is 24.6 Å². The van der Waals surface area contributed by atoms with E-state index in [9.17, 15) is 19.5 Å². The Balaban J connectivity index is 0.820. The number of hydrogen-bond donors (Lipinski definition) is 2. The van der Waals surface area contributed by atoms with Crippen molar-refractivity contribution >= 4 is 29.1 Å². The van der Waals surface area contributed by atoms with E-state index in [1.54, 1.807) is 4.90 Å². The van der Waals surface area contributed by atoms with Gasteiger partial charge >= 0.3 is 0 Å². The first kappa shape index (κ1) is 32.8. The van der Waals surface area contributed by atoms with Gasteiger partial charge in [-0.2, -0.15) is 0 Å². The molecule has 3 atom stereocenters. The maximum Gasteiger partial charge on any atom is 0.255 e. The maximum absolute atomic E-state index is 13.1. The van der Waals surface area contributed by atoms with Gasteiger partial charge in [0.1, 0.15) is 11.8 Å². The van der Waals surface area contributed by atoms with E-state index in [4.69, 9.17) is 0 Å². The third-order valence-electron chi connectivity index (χ3n) is 12.2. The lowest BCUT2D eigenvalue weighted by Crippen LogP contribution is -2.52. The molecule has 2 N–H and O–H groups in total. The van der Waals surface area contributed by atoms with Gasteiger partial charge < -0.3 is 19.8 Å². The molecule has 262 valence electrons. The summed E-state index contributed by atoms with van der Waals surface area (Å²) in [5.41, 5.74) is 8.17. The molecule has 3 aromatic rings. The predicted molar refractivity (Wildman–Crippen MR) is 195 cm³/mol. The molecular formula is C41H49N5O4. The predicted octanol–water partition coefficient (Wildman–Crippen LogP) is 5.30. The zero-order valence-electron chi connectivity index (χ0n) is 29.2. The lowest BCUT2D eigenvalue weighted by atomic mass is 9.71. The average molecular weight is 676 g/mol. The number of amides is 3. The van der Waals surface area contributed by atoms with E-state index in [1.165, 1.54) is 48.1 Å². The summed E-state index contributed by atoms with van der Waals surface area (Å²) in [7, 11) is 0. The molecule has 3 amide bonds. The van der Waals surface area contributed by atoms with Crippen molar-refractivity contribution in [1.82, 2.24) is 15.1 Å². The topological polar surface area (TPSA) is 96.4 Å². The number of phenols is 1. The van der Waals surface area contributed by atoms with Gasteiger partial charge in [0.25, 0.3) is 5.91 Å². The minimum Gasteiger partial charge on any atom is -0.508 e. The van der Waals surface area contributed by atoms with Crippen molar-refractivity contribution < 1.29 is 19.5 Å². The van der Waals surface area contributed by atoms with Crippen molar-refractivity contribution in [3.05, 3.63) is 88.5 Å². The quantitative estimate of drug-likeness (QED) is 0.329. The van der Waals surface area contributed by atoms with Crippen LogP contribution in [0, 0.1) is 11.8 Å². The number of imide groups is 1. The third kappa shape index (κ3) is 6.36. The second-order valence-electron chi connectivity index (χ2n) is 15.1. The van der Waals surface area contributed by atoms with Crippen molar-refractivity contribution in [1.29, 1.82) is 0 Å². The normalized spacial score (nSPS) is 24.7. The summed E-state index contributed by atoms with van der Waals surface area (Å²) in [6.07, 6.45) is 6.46. The first-order valence-corrected chi connectivity index (χ1v) is 18.8. The van der Waals surface area contributed by atoms with E-state index < -0.39 is 6.04 Å². The molecule has 0 saturated carbocycles. The van der Waals surface area contributed by atoms with E-state index in [2.05, 4.69) is 63.3 Å². The van der Waals surface area contributed by atoms with Crippen molar-refractivity contribution in [3.63, 3.8) is 0 Å². The van der Waals surface area contributed by atoms with E-state index in [0.29, 0.717) is 42.0 Å². The number of phenolic OH excluding ortho intramolecular Hbond substituents is 1. The molecule has 3 aromatic carbocycles. The first-order valence-electron chi connectivity index (χ1n) is 18.8. The number of carbonyl (C=O) groups is 3. The Bertz CT molecular complexity index is 1760. The highest BCUT2D eigenvalue weighted by Gasteiger charge is 2.39. The summed E-state index contributed by atoms with van der Waals surface area (Å²) in [5.74, 6) is 1.36. The van der Waals surface area contributed by atoms with Crippen LogP contribution in [0.25, 0.3) is 0 Å². The number of aromatic hydroxyl groups is 1. The third-order valence-corrected chi connectivity index (χ3v) is 12.2. The van der Waals surface area contributed by atoms with Gasteiger partial charge in [0.15, 0.2) is 0 Å². The van der Waals surface area contributed by atoms with Crippen molar-refractivity contribution in [2.75, 3.05) is 55.6 Å². The molecular weight excluding hydrogens is 626 g/mol. The summed E-state index contributed by atoms with van der Waals surface area (Å²) in [4.78, 5) is 46.4. The lowest BCUT2D eigenvalue weighted by molar-refractivity contribution is -0.136. The van der Waals surface area contributed by atoms with Crippen LogP contribution in [0.3, 0.4) is 0 Å². The van der Waals surface area contributed by atoms with Gasteiger partial charge in [0.05, 0.1) is 0 Å². The monoisotopic (exact) mass is 675 g/mol. The molecule has 4 aliphatic heterocycles. The Morgan fingerprint density at radius 1 is 0.760 bits per heavy atom. The van der Waals surface area contributed by atoms with Crippen LogP contribution in [-0.2, 0) is 22.6 Å². The highest BCUT2D eigenvalue weighted by molar-refractivity contribution is 6.05. The van der Waals surface area contributed by atoms with Gasteiger partial charge in [-0.1, -0.05) is 31.5 Å². The van der Waals surface area contributed by atoms with Crippen molar-refractivity contribution in [2.45, 2.75) is 70.4 Å². The molecule has 2 unspecified atom stereocenters. The molecule has 50 heavy (non-hydrogen) atoms. The van der Waals surface area contributed by atoms with Gasteiger partial charge in [0.2, 0.25) is 11.8 Å². The van der Waals surface area contributed by atoms with Crippen LogP contribution in [0.5, 0.6) is 5.75 Å². The molecule has 5 aliphatic rings. The molecule has 8 rings (SSSR count). The second kappa shape index (κ2) is 13.7. The molecule has 9 heteroatoms. The van der Waals surface area contributed by atoms with Gasteiger partial charge in [0, 0.05) is 81.6 Å². The van der Waals surface area contributed by atoms with Crippen LogP contribution >= 0.6 is 0 Å². The minimum atomic E-state index is -0.580. The largest absolute Gasteiger partial charge is 0.508 e. The average Bonchev–Trinajstić information content (AvgIpc) is 3.46. The Hall–Kier alpha value is -4.37. The fraction of sp³-hybridized carbons (Fsp3) is 0.488. The minimum absolute atomic E-state index is 0.118. The Morgan fingerprint density at radius 3 is 2.24 bits per heavy atom. The number of benzene rings is 3. The molecule has 9 nitrogen and oxygen atoms in total. The van der Waals surface area contributed by atoms with Gasteiger partial charge in [-0.25, -0.2) is 0 Å². The number of piperazine rings is 1. The van der Waals surface area contributed by atoms with E-state index in [0.717, 1.165) is 63.5 Å². The molecule has 1 aliphatic carbocycles. The number of nitrogens with zero attached hydrogens (tertiary/aromatic N) is 4. The van der Waals surface area contributed by atoms with Crippen LogP contribution in [-0.4, -0.2) is 84.5 Å². The highest BCUT2D eigenvalue weighted by Crippen LogP contribution is 2.44. The standard InChI is InChI=1S/C41H49N5O4/c1-2-28-3-4-30-24-34(47)10-12-35(30)39(28)29-5-7-32(8-6-29)44-17-15-27(16-18-44)25-43-19-21-45(22-20-43)33-9-11-36-31(23-33)26-46(41(36)50)37-13-14-38(48)42-40(37)49/h5-12,23-24,27-28,37,39,47H,2-4,13-22,25-26H2,1H3,(H,42,48,49)/t28-,37?,39?/m0/s1.